The summed E-state index contributed by atoms with van der Waals surface area (Å²) in [6.07, 6.45) is 0.475. The van der Waals surface area contributed by atoms with E-state index in [0.717, 1.165) is 48.9 Å². The van der Waals surface area contributed by atoms with Crippen molar-refractivity contribution in [2.75, 3.05) is 43.4 Å². The number of rotatable bonds is 4. The highest BCUT2D eigenvalue weighted by molar-refractivity contribution is 5.90. The summed E-state index contributed by atoms with van der Waals surface area (Å²) in [4.78, 5) is 15.3. The number of likely N-dealkylation sites (N-methyl/N-ethyl adjacent to an activating group) is 1. The predicted molar refractivity (Wildman–Crippen MR) is 95.2 cm³/mol. The van der Waals surface area contributed by atoms with Gasteiger partial charge in [-0.05, 0) is 24.3 Å². The number of aromatic nitrogens is 2. The zero-order valence-electron chi connectivity index (χ0n) is 14.2. The molecule has 1 aromatic carbocycles. The summed E-state index contributed by atoms with van der Waals surface area (Å²) in [6, 6.07) is 11.7. The van der Waals surface area contributed by atoms with Crippen molar-refractivity contribution < 1.29 is 9.69 Å². The predicted octanol–water partition coefficient (Wildman–Crippen LogP) is 0.827. The lowest BCUT2D eigenvalue weighted by Crippen LogP contribution is -3.12. The van der Waals surface area contributed by atoms with Gasteiger partial charge in [-0.3, -0.25) is 4.79 Å². The maximum atomic E-state index is 11.4. The van der Waals surface area contributed by atoms with Crippen molar-refractivity contribution in [3.8, 4) is 11.3 Å². The minimum absolute atomic E-state index is 0.0147. The van der Waals surface area contributed by atoms with E-state index < -0.39 is 0 Å². The van der Waals surface area contributed by atoms with Crippen molar-refractivity contribution in [3.63, 3.8) is 0 Å². The Morgan fingerprint density at radius 2 is 1.83 bits per heavy atom. The van der Waals surface area contributed by atoms with Crippen LogP contribution in [0.3, 0.4) is 0 Å². The molecule has 1 aliphatic rings. The van der Waals surface area contributed by atoms with Crippen LogP contribution in [-0.4, -0.2) is 49.3 Å². The summed E-state index contributed by atoms with van der Waals surface area (Å²) in [5, 5.41) is 11.6. The van der Waals surface area contributed by atoms with Crippen LogP contribution in [0.2, 0.25) is 0 Å². The van der Waals surface area contributed by atoms with E-state index in [0.29, 0.717) is 6.42 Å². The highest BCUT2D eigenvalue weighted by Crippen LogP contribution is 2.20. The van der Waals surface area contributed by atoms with E-state index in [1.165, 1.54) is 0 Å². The van der Waals surface area contributed by atoms with Crippen molar-refractivity contribution in [1.29, 1.82) is 0 Å². The third kappa shape index (κ3) is 3.89. The number of benzene rings is 1. The fourth-order valence-corrected chi connectivity index (χ4v) is 2.74. The topological polar surface area (TPSA) is 62.6 Å². The van der Waals surface area contributed by atoms with Crippen LogP contribution in [0, 0.1) is 0 Å². The van der Waals surface area contributed by atoms with Crippen molar-refractivity contribution >= 4 is 17.4 Å². The molecule has 2 aromatic rings. The molecule has 1 fully saturated rings. The first kappa shape index (κ1) is 16.4. The van der Waals surface area contributed by atoms with Crippen LogP contribution >= 0.6 is 0 Å². The van der Waals surface area contributed by atoms with Crippen molar-refractivity contribution in [2.45, 2.75) is 13.3 Å². The molecule has 0 aliphatic carbocycles. The number of piperazine rings is 1. The number of carbonyl (C=O) groups is 1. The number of nitrogens with zero attached hydrogens (tertiary/aromatic N) is 3. The van der Waals surface area contributed by atoms with Gasteiger partial charge >= 0.3 is 0 Å². The number of hydrogen-bond donors (Lipinski definition) is 2. The third-order valence-corrected chi connectivity index (χ3v) is 4.38. The van der Waals surface area contributed by atoms with E-state index >= 15 is 0 Å². The van der Waals surface area contributed by atoms with Gasteiger partial charge < -0.3 is 15.1 Å². The maximum Gasteiger partial charge on any atom is 0.224 e. The van der Waals surface area contributed by atoms with Crippen LogP contribution < -0.4 is 15.1 Å². The molecule has 24 heavy (non-hydrogen) atoms. The molecule has 0 spiro atoms. The largest absolute Gasteiger partial charge is 0.344 e. The normalized spacial score (nSPS) is 15.3. The fraction of sp³-hybridized carbons (Fsp3) is 0.389. The molecule has 0 unspecified atom stereocenters. The molecule has 1 aliphatic heterocycles. The molecule has 1 aromatic heterocycles. The average molecular weight is 326 g/mol. The Morgan fingerprint density at radius 1 is 1.12 bits per heavy atom. The molecule has 0 bridgehead atoms. The number of nitrogens with one attached hydrogen (secondary N) is 2. The van der Waals surface area contributed by atoms with Gasteiger partial charge in [0, 0.05) is 17.7 Å². The number of anilines is 2. The highest BCUT2D eigenvalue weighted by Gasteiger charge is 2.18. The standard InChI is InChI=1S/C18H23N5O/c1-3-18(24)19-15-6-4-14(5-7-15)16-8-9-17(21-20-16)23-12-10-22(2)11-13-23/h4-9H,3,10-13H2,1-2H3,(H,19,24)/p+1. The van der Waals surface area contributed by atoms with Gasteiger partial charge in [-0.2, -0.15) is 0 Å². The highest BCUT2D eigenvalue weighted by atomic mass is 16.1. The molecule has 3 rings (SSSR count). The van der Waals surface area contributed by atoms with E-state index in [-0.39, 0.29) is 5.91 Å². The lowest BCUT2D eigenvalue weighted by atomic mass is 10.1. The van der Waals surface area contributed by atoms with Gasteiger partial charge in [-0.15, -0.1) is 10.2 Å². The van der Waals surface area contributed by atoms with Crippen LogP contribution in [0.15, 0.2) is 36.4 Å². The molecule has 2 N–H and O–H groups in total. The van der Waals surface area contributed by atoms with Crippen molar-refractivity contribution in [1.82, 2.24) is 10.2 Å². The molecule has 0 atom stereocenters. The van der Waals surface area contributed by atoms with Gasteiger partial charge in [-0.1, -0.05) is 19.1 Å². The van der Waals surface area contributed by atoms with Crippen LogP contribution in [0.4, 0.5) is 11.5 Å². The summed E-state index contributed by atoms with van der Waals surface area (Å²) in [6.45, 7) is 6.14. The zero-order chi connectivity index (χ0) is 16.9. The first-order valence-electron chi connectivity index (χ1n) is 8.46. The Kier molecular flexibility index (Phi) is 5.05. The lowest BCUT2D eigenvalue weighted by molar-refractivity contribution is -0.880. The van der Waals surface area contributed by atoms with E-state index in [1.807, 2.05) is 43.3 Å². The van der Waals surface area contributed by atoms with Gasteiger partial charge in [0.15, 0.2) is 5.82 Å². The first-order chi connectivity index (χ1) is 11.7. The summed E-state index contributed by atoms with van der Waals surface area (Å²) in [5.74, 6) is 0.957. The van der Waals surface area contributed by atoms with Crippen LogP contribution in [0.1, 0.15) is 13.3 Å². The Labute approximate surface area is 142 Å². The van der Waals surface area contributed by atoms with Gasteiger partial charge in [0.05, 0.1) is 38.9 Å². The number of hydrogen-bond acceptors (Lipinski definition) is 4. The SMILES string of the molecule is CCC(=O)Nc1ccc(-c2ccc(N3CC[NH+](C)CC3)nn2)cc1. The third-order valence-electron chi connectivity index (χ3n) is 4.38. The molecule has 0 radical (unpaired) electrons. The minimum Gasteiger partial charge on any atom is -0.344 e. The van der Waals surface area contributed by atoms with E-state index in [4.69, 9.17) is 0 Å². The minimum atomic E-state index is 0.0147. The molecular formula is C18H24N5O+. The smallest absolute Gasteiger partial charge is 0.224 e. The second kappa shape index (κ2) is 7.40. The van der Waals surface area contributed by atoms with Crippen LogP contribution in [0.5, 0.6) is 0 Å². The van der Waals surface area contributed by atoms with Crippen LogP contribution in [0.25, 0.3) is 11.3 Å². The quantitative estimate of drug-likeness (QED) is 0.873. The molecule has 2 heterocycles. The van der Waals surface area contributed by atoms with E-state index in [1.54, 1.807) is 4.90 Å². The maximum absolute atomic E-state index is 11.4. The Bertz CT molecular complexity index is 676. The molecule has 1 saturated heterocycles. The van der Waals surface area contributed by atoms with Gasteiger partial charge in [0.25, 0.3) is 0 Å². The Morgan fingerprint density at radius 3 is 2.42 bits per heavy atom. The second-order valence-electron chi connectivity index (χ2n) is 6.20. The summed E-state index contributed by atoms with van der Waals surface area (Å²) in [5.41, 5.74) is 2.63. The average Bonchev–Trinajstić information content (AvgIpc) is 2.63. The number of quaternary nitrogens is 1. The first-order valence-corrected chi connectivity index (χ1v) is 8.46. The summed E-state index contributed by atoms with van der Waals surface area (Å²) >= 11 is 0. The van der Waals surface area contributed by atoms with Crippen molar-refractivity contribution in [3.05, 3.63) is 36.4 Å². The number of carbonyl (C=O) groups excluding carboxylic acids is 1. The lowest BCUT2D eigenvalue weighted by Gasteiger charge is -2.30. The van der Waals surface area contributed by atoms with Gasteiger partial charge in [-0.25, -0.2) is 0 Å². The Balaban J connectivity index is 1.68. The monoisotopic (exact) mass is 326 g/mol. The summed E-state index contributed by atoms with van der Waals surface area (Å²) in [7, 11) is 2.22. The number of amides is 1. The Hall–Kier alpha value is -2.47. The summed E-state index contributed by atoms with van der Waals surface area (Å²) < 4.78 is 0. The fourth-order valence-electron chi connectivity index (χ4n) is 2.74. The van der Waals surface area contributed by atoms with E-state index in [9.17, 15) is 4.79 Å². The molecule has 6 nitrogen and oxygen atoms in total. The van der Waals surface area contributed by atoms with Crippen molar-refractivity contribution in [2.24, 2.45) is 0 Å². The molecule has 126 valence electrons. The molecule has 0 saturated carbocycles. The van der Waals surface area contributed by atoms with Gasteiger partial charge in [0.1, 0.15) is 0 Å². The van der Waals surface area contributed by atoms with E-state index in [2.05, 4.69) is 27.5 Å². The second-order valence-corrected chi connectivity index (χ2v) is 6.20. The van der Waals surface area contributed by atoms with Crippen LogP contribution in [-0.2, 0) is 4.79 Å². The zero-order valence-corrected chi connectivity index (χ0v) is 14.2. The molecular weight excluding hydrogens is 302 g/mol. The molecule has 6 heteroatoms. The molecule has 1 amide bonds. The van der Waals surface area contributed by atoms with Gasteiger partial charge in [0.2, 0.25) is 5.91 Å².